The van der Waals surface area contributed by atoms with Gasteiger partial charge < -0.3 is 5.11 Å². The van der Waals surface area contributed by atoms with Crippen molar-refractivity contribution in [2.45, 2.75) is 52.4 Å². The standard InChI is InChI=1S/C10H22O/c1-3-5-6-7-10(4-2)8-9-11/h10-11H,3-9H2,1-2H3/t10-/m0/s1. The Kier molecular flexibility index (Phi) is 8.03. The molecule has 0 radical (unpaired) electrons. The zero-order valence-corrected chi connectivity index (χ0v) is 7.97. The van der Waals surface area contributed by atoms with Gasteiger partial charge in [-0.2, -0.15) is 0 Å². The summed E-state index contributed by atoms with van der Waals surface area (Å²) in [6.45, 7) is 4.81. The van der Waals surface area contributed by atoms with Gasteiger partial charge in [0.05, 0.1) is 0 Å². The fourth-order valence-corrected chi connectivity index (χ4v) is 1.42. The lowest BCUT2D eigenvalue weighted by molar-refractivity contribution is 0.247. The average molecular weight is 158 g/mol. The highest BCUT2D eigenvalue weighted by molar-refractivity contribution is 4.56. The van der Waals surface area contributed by atoms with Gasteiger partial charge in [-0.1, -0.05) is 46.0 Å². The third-order valence-electron chi connectivity index (χ3n) is 2.33. The van der Waals surface area contributed by atoms with Gasteiger partial charge in [0.1, 0.15) is 0 Å². The quantitative estimate of drug-likeness (QED) is 0.565. The maximum atomic E-state index is 8.72. The van der Waals surface area contributed by atoms with Gasteiger partial charge >= 0.3 is 0 Å². The smallest absolute Gasteiger partial charge is 0.0433 e. The second-order valence-corrected chi connectivity index (χ2v) is 3.28. The van der Waals surface area contributed by atoms with Crippen LogP contribution >= 0.6 is 0 Å². The van der Waals surface area contributed by atoms with Crippen LogP contribution in [0.25, 0.3) is 0 Å². The Labute approximate surface area is 70.8 Å². The molecule has 1 nitrogen and oxygen atoms in total. The lowest BCUT2D eigenvalue weighted by Gasteiger charge is -2.11. The number of aliphatic hydroxyl groups excluding tert-OH is 1. The third-order valence-corrected chi connectivity index (χ3v) is 2.33. The summed E-state index contributed by atoms with van der Waals surface area (Å²) in [6.07, 6.45) is 7.53. The topological polar surface area (TPSA) is 20.2 Å². The first-order chi connectivity index (χ1) is 5.35. The molecule has 0 saturated heterocycles. The summed E-state index contributed by atoms with van der Waals surface area (Å²) >= 11 is 0. The van der Waals surface area contributed by atoms with Crippen LogP contribution in [0, 0.1) is 5.92 Å². The van der Waals surface area contributed by atoms with Gasteiger partial charge in [0, 0.05) is 6.61 Å². The molecular weight excluding hydrogens is 136 g/mol. The molecule has 0 aliphatic heterocycles. The van der Waals surface area contributed by atoms with E-state index in [9.17, 15) is 0 Å². The molecule has 0 fully saturated rings. The number of hydrogen-bond donors (Lipinski definition) is 1. The molecule has 0 aliphatic rings. The molecule has 11 heavy (non-hydrogen) atoms. The normalized spacial score (nSPS) is 13.4. The van der Waals surface area contributed by atoms with E-state index >= 15 is 0 Å². The van der Waals surface area contributed by atoms with Gasteiger partial charge in [0.25, 0.3) is 0 Å². The fraction of sp³-hybridized carbons (Fsp3) is 1.00. The molecule has 0 aromatic heterocycles. The third kappa shape index (κ3) is 6.36. The zero-order valence-electron chi connectivity index (χ0n) is 7.97. The Morgan fingerprint density at radius 2 is 1.82 bits per heavy atom. The van der Waals surface area contributed by atoms with Crippen LogP contribution in [-0.2, 0) is 0 Å². The van der Waals surface area contributed by atoms with E-state index in [0.717, 1.165) is 12.3 Å². The summed E-state index contributed by atoms with van der Waals surface area (Å²) in [7, 11) is 0. The molecule has 0 aromatic rings. The molecule has 0 bridgehead atoms. The molecule has 0 unspecified atom stereocenters. The summed E-state index contributed by atoms with van der Waals surface area (Å²) in [6, 6.07) is 0. The van der Waals surface area contributed by atoms with Crippen molar-refractivity contribution < 1.29 is 5.11 Å². The van der Waals surface area contributed by atoms with E-state index in [0.29, 0.717) is 6.61 Å². The Balaban J connectivity index is 3.20. The minimum Gasteiger partial charge on any atom is -0.396 e. The first-order valence-electron chi connectivity index (χ1n) is 4.96. The van der Waals surface area contributed by atoms with E-state index in [4.69, 9.17) is 5.11 Å². The van der Waals surface area contributed by atoms with Crippen LogP contribution in [-0.4, -0.2) is 11.7 Å². The SMILES string of the molecule is CCCCC[C@H](CC)CCO. The summed E-state index contributed by atoms with van der Waals surface area (Å²) < 4.78 is 0. The van der Waals surface area contributed by atoms with E-state index in [1.54, 1.807) is 0 Å². The first kappa shape index (κ1) is 11.0. The van der Waals surface area contributed by atoms with Gasteiger partial charge in [-0.25, -0.2) is 0 Å². The summed E-state index contributed by atoms with van der Waals surface area (Å²) in [5, 5.41) is 8.72. The molecule has 68 valence electrons. The van der Waals surface area contributed by atoms with Gasteiger partial charge in [0.15, 0.2) is 0 Å². The zero-order chi connectivity index (χ0) is 8.53. The Morgan fingerprint density at radius 1 is 1.09 bits per heavy atom. The minimum absolute atomic E-state index is 0.366. The summed E-state index contributed by atoms with van der Waals surface area (Å²) in [4.78, 5) is 0. The van der Waals surface area contributed by atoms with Crippen LogP contribution in [0.3, 0.4) is 0 Å². The van der Waals surface area contributed by atoms with Crippen LogP contribution in [0.1, 0.15) is 52.4 Å². The molecule has 1 heteroatoms. The van der Waals surface area contributed by atoms with Crippen LogP contribution in [0.4, 0.5) is 0 Å². The highest BCUT2D eigenvalue weighted by Crippen LogP contribution is 2.16. The highest BCUT2D eigenvalue weighted by atomic mass is 16.3. The van der Waals surface area contributed by atoms with Gasteiger partial charge in [0.2, 0.25) is 0 Å². The number of hydrogen-bond acceptors (Lipinski definition) is 1. The Hall–Kier alpha value is -0.0400. The molecule has 0 saturated carbocycles. The van der Waals surface area contributed by atoms with Crippen LogP contribution in [0.2, 0.25) is 0 Å². The summed E-state index contributed by atoms with van der Waals surface area (Å²) in [5.41, 5.74) is 0. The molecule has 0 aromatic carbocycles. The van der Waals surface area contributed by atoms with Gasteiger partial charge in [-0.05, 0) is 12.3 Å². The lowest BCUT2D eigenvalue weighted by Crippen LogP contribution is -2.01. The van der Waals surface area contributed by atoms with E-state index in [2.05, 4.69) is 13.8 Å². The van der Waals surface area contributed by atoms with Crippen molar-refractivity contribution in [3.8, 4) is 0 Å². The molecule has 0 heterocycles. The number of rotatable bonds is 7. The van der Waals surface area contributed by atoms with E-state index in [1.807, 2.05) is 0 Å². The van der Waals surface area contributed by atoms with Crippen molar-refractivity contribution >= 4 is 0 Å². The van der Waals surface area contributed by atoms with Crippen molar-refractivity contribution in [2.75, 3.05) is 6.61 Å². The molecule has 1 atom stereocenters. The molecular formula is C10H22O. The van der Waals surface area contributed by atoms with Crippen LogP contribution in [0.15, 0.2) is 0 Å². The minimum atomic E-state index is 0.366. The second-order valence-electron chi connectivity index (χ2n) is 3.28. The maximum Gasteiger partial charge on any atom is 0.0433 e. The van der Waals surface area contributed by atoms with Crippen molar-refractivity contribution in [1.29, 1.82) is 0 Å². The van der Waals surface area contributed by atoms with E-state index in [1.165, 1.54) is 32.1 Å². The molecule has 0 spiro atoms. The lowest BCUT2D eigenvalue weighted by atomic mass is 9.96. The predicted molar refractivity (Wildman–Crippen MR) is 49.6 cm³/mol. The van der Waals surface area contributed by atoms with Crippen LogP contribution < -0.4 is 0 Å². The second kappa shape index (κ2) is 8.06. The highest BCUT2D eigenvalue weighted by Gasteiger charge is 2.03. The van der Waals surface area contributed by atoms with E-state index in [-0.39, 0.29) is 0 Å². The Bertz CT molecular complexity index is 71.3. The monoisotopic (exact) mass is 158 g/mol. The fourth-order valence-electron chi connectivity index (χ4n) is 1.42. The molecule has 1 N–H and O–H groups in total. The van der Waals surface area contributed by atoms with Crippen LogP contribution in [0.5, 0.6) is 0 Å². The summed E-state index contributed by atoms with van der Waals surface area (Å²) in [5.74, 6) is 0.770. The van der Waals surface area contributed by atoms with Crippen molar-refractivity contribution in [2.24, 2.45) is 5.92 Å². The predicted octanol–water partition coefficient (Wildman–Crippen LogP) is 2.98. The average Bonchev–Trinajstić information content (AvgIpc) is 2.03. The Morgan fingerprint density at radius 3 is 2.27 bits per heavy atom. The molecule has 0 amide bonds. The molecule has 0 aliphatic carbocycles. The molecule has 0 rings (SSSR count). The van der Waals surface area contributed by atoms with Crippen molar-refractivity contribution in [1.82, 2.24) is 0 Å². The number of aliphatic hydroxyl groups is 1. The van der Waals surface area contributed by atoms with Crippen molar-refractivity contribution in [3.05, 3.63) is 0 Å². The van der Waals surface area contributed by atoms with Gasteiger partial charge in [-0.3, -0.25) is 0 Å². The largest absolute Gasteiger partial charge is 0.396 e. The van der Waals surface area contributed by atoms with Crippen molar-refractivity contribution in [3.63, 3.8) is 0 Å². The first-order valence-corrected chi connectivity index (χ1v) is 4.96. The van der Waals surface area contributed by atoms with E-state index < -0.39 is 0 Å². The number of unbranched alkanes of at least 4 members (excludes halogenated alkanes) is 2. The van der Waals surface area contributed by atoms with Gasteiger partial charge in [-0.15, -0.1) is 0 Å². The maximum absolute atomic E-state index is 8.72.